The van der Waals surface area contributed by atoms with E-state index in [4.69, 9.17) is 5.73 Å². The Bertz CT molecular complexity index is 418. The molecule has 4 nitrogen and oxygen atoms in total. The van der Waals surface area contributed by atoms with Crippen molar-refractivity contribution in [2.24, 2.45) is 5.92 Å². The van der Waals surface area contributed by atoms with Gasteiger partial charge in [0, 0.05) is 18.3 Å². The molecule has 106 valence electrons. The first-order chi connectivity index (χ1) is 9.03. The van der Waals surface area contributed by atoms with Crippen molar-refractivity contribution < 1.29 is 0 Å². The van der Waals surface area contributed by atoms with Crippen molar-refractivity contribution in [3.05, 3.63) is 18.3 Å². The standard InChI is InChI=1S/C15H26N4/c1-12-6-4-8-15(10-12,19(2)3)11-18-14-13(16)7-5-9-17-14/h5,7,9,12H,4,6,8,10-11,16H2,1-3H3,(H,17,18). The van der Waals surface area contributed by atoms with Crippen LogP contribution < -0.4 is 11.1 Å². The van der Waals surface area contributed by atoms with Crippen LogP contribution >= 0.6 is 0 Å². The Morgan fingerprint density at radius 2 is 2.32 bits per heavy atom. The zero-order valence-corrected chi connectivity index (χ0v) is 12.3. The SMILES string of the molecule is CC1CCCC(CNc2ncccc2N)(N(C)C)C1. The fraction of sp³-hybridized carbons (Fsp3) is 0.667. The predicted octanol–water partition coefficient (Wildman–Crippen LogP) is 2.59. The molecule has 1 heterocycles. The van der Waals surface area contributed by atoms with E-state index in [-0.39, 0.29) is 5.54 Å². The molecule has 1 saturated carbocycles. The number of nitrogens with two attached hydrogens (primary N) is 1. The molecule has 19 heavy (non-hydrogen) atoms. The Morgan fingerprint density at radius 3 is 2.95 bits per heavy atom. The number of nitrogens with one attached hydrogen (secondary N) is 1. The summed E-state index contributed by atoms with van der Waals surface area (Å²) in [5.41, 5.74) is 6.89. The monoisotopic (exact) mass is 262 g/mol. The van der Waals surface area contributed by atoms with Gasteiger partial charge in [-0.05, 0) is 45.0 Å². The predicted molar refractivity (Wildman–Crippen MR) is 81.2 cm³/mol. The largest absolute Gasteiger partial charge is 0.396 e. The topological polar surface area (TPSA) is 54.2 Å². The van der Waals surface area contributed by atoms with E-state index < -0.39 is 0 Å². The highest BCUT2D eigenvalue weighted by molar-refractivity contribution is 5.60. The van der Waals surface area contributed by atoms with Gasteiger partial charge in [-0.3, -0.25) is 0 Å². The normalized spacial score (nSPS) is 27.5. The fourth-order valence-corrected chi connectivity index (χ4v) is 3.17. The molecule has 1 fully saturated rings. The van der Waals surface area contributed by atoms with E-state index in [9.17, 15) is 0 Å². The summed E-state index contributed by atoms with van der Waals surface area (Å²) in [7, 11) is 4.36. The molecule has 0 bridgehead atoms. The van der Waals surface area contributed by atoms with Gasteiger partial charge in [-0.2, -0.15) is 0 Å². The number of aromatic nitrogens is 1. The van der Waals surface area contributed by atoms with E-state index in [2.05, 4.69) is 36.2 Å². The molecule has 0 spiro atoms. The van der Waals surface area contributed by atoms with Crippen molar-refractivity contribution in [3.63, 3.8) is 0 Å². The summed E-state index contributed by atoms with van der Waals surface area (Å²) in [5.74, 6) is 1.60. The Kier molecular flexibility index (Phi) is 4.30. The number of rotatable bonds is 4. The Hall–Kier alpha value is -1.29. The lowest BCUT2D eigenvalue weighted by atomic mass is 9.75. The van der Waals surface area contributed by atoms with E-state index in [1.54, 1.807) is 6.20 Å². The van der Waals surface area contributed by atoms with Crippen molar-refractivity contribution in [1.29, 1.82) is 0 Å². The van der Waals surface area contributed by atoms with Gasteiger partial charge in [-0.1, -0.05) is 19.8 Å². The maximum absolute atomic E-state index is 5.94. The molecule has 1 aromatic rings. The molecule has 0 aliphatic heterocycles. The highest BCUT2D eigenvalue weighted by Gasteiger charge is 2.36. The molecular formula is C15H26N4. The number of pyridine rings is 1. The first kappa shape index (κ1) is 14.1. The van der Waals surface area contributed by atoms with Crippen LogP contribution in [0.4, 0.5) is 11.5 Å². The second-order valence-corrected chi connectivity index (χ2v) is 6.12. The lowest BCUT2D eigenvalue weighted by Gasteiger charge is -2.45. The number of anilines is 2. The van der Waals surface area contributed by atoms with Gasteiger partial charge in [0.15, 0.2) is 0 Å². The summed E-state index contributed by atoms with van der Waals surface area (Å²) in [4.78, 5) is 6.69. The van der Waals surface area contributed by atoms with Crippen LogP contribution in [0, 0.1) is 5.92 Å². The number of hydrogen-bond donors (Lipinski definition) is 2. The van der Waals surface area contributed by atoms with Crippen LogP contribution in [0.5, 0.6) is 0 Å². The van der Waals surface area contributed by atoms with Crippen molar-refractivity contribution in [3.8, 4) is 0 Å². The molecule has 2 atom stereocenters. The first-order valence-electron chi connectivity index (χ1n) is 7.15. The number of hydrogen-bond acceptors (Lipinski definition) is 4. The van der Waals surface area contributed by atoms with Crippen LogP contribution in [-0.2, 0) is 0 Å². The van der Waals surface area contributed by atoms with Crippen LogP contribution in [0.25, 0.3) is 0 Å². The second kappa shape index (κ2) is 5.78. The molecule has 2 rings (SSSR count). The zero-order chi connectivity index (χ0) is 13.9. The molecule has 1 aliphatic carbocycles. The van der Waals surface area contributed by atoms with Gasteiger partial charge >= 0.3 is 0 Å². The van der Waals surface area contributed by atoms with E-state index in [0.717, 1.165) is 24.0 Å². The van der Waals surface area contributed by atoms with Crippen LogP contribution in [0.3, 0.4) is 0 Å². The molecule has 0 saturated heterocycles. The third kappa shape index (κ3) is 3.18. The molecule has 0 radical (unpaired) electrons. The van der Waals surface area contributed by atoms with Crippen LogP contribution in [0.2, 0.25) is 0 Å². The van der Waals surface area contributed by atoms with Crippen LogP contribution in [0.15, 0.2) is 18.3 Å². The summed E-state index contributed by atoms with van der Waals surface area (Å²) in [5, 5.41) is 3.45. The van der Waals surface area contributed by atoms with Crippen molar-refractivity contribution >= 4 is 11.5 Å². The van der Waals surface area contributed by atoms with Gasteiger partial charge in [0.2, 0.25) is 0 Å². The lowest BCUT2D eigenvalue weighted by molar-refractivity contribution is 0.0882. The summed E-state index contributed by atoms with van der Waals surface area (Å²) in [6, 6.07) is 3.76. The van der Waals surface area contributed by atoms with E-state index in [1.807, 2.05) is 12.1 Å². The quantitative estimate of drug-likeness (QED) is 0.875. The van der Waals surface area contributed by atoms with Crippen LogP contribution in [-0.4, -0.2) is 36.1 Å². The molecule has 0 amide bonds. The lowest BCUT2D eigenvalue weighted by Crippen LogP contribution is -2.52. The van der Waals surface area contributed by atoms with E-state index in [1.165, 1.54) is 25.7 Å². The Balaban J connectivity index is 2.07. The van der Waals surface area contributed by atoms with Gasteiger partial charge in [0.05, 0.1) is 5.69 Å². The number of nitrogen functional groups attached to an aromatic ring is 1. The third-order valence-corrected chi connectivity index (χ3v) is 4.44. The fourth-order valence-electron chi connectivity index (χ4n) is 3.17. The van der Waals surface area contributed by atoms with E-state index in [0.29, 0.717) is 0 Å². The van der Waals surface area contributed by atoms with Gasteiger partial charge in [-0.15, -0.1) is 0 Å². The van der Waals surface area contributed by atoms with Gasteiger partial charge in [0.25, 0.3) is 0 Å². The molecule has 0 aromatic carbocycles. The molecule has 1 aliphatic rings. The highest BCUT2D eigenvalue weighted by atomic mass is 15.2. The molecule has 4 heteroatoms. The summed E-state index contributed by atoms with van der Waals surface area (Å²) in [6.07, 6.45) is 6.91. The molecule has 3 N–H and O–H groups in total. The van der Waals surface area contributed by atoms with Crippen LogP contribution in [0.1, 0.15) is 32.6 Å². The zero-order valence-electron chi connectivity index (χ0n) is 12.3. The Morgan fingerprint density at radius 1 is 1.53 bits per heavy atom. The minimum atomic E-state index is 0.224. The van der Waals surface area contributed by atoms with Gasteiger partial charge < -0.3 is 16.0 Å². The second-order valence-electron chi connectivity index (χ2n) is 6.12. The highest BCUT2D eigenvalue weighted by Crippen LogP contribution is 2.36. The van der Waals surface area contributed by atoms with Crippen molar-refractivity contribution in [2.45, 2.75) is 38.1 Å². The minimum absolute atomic E-state index is 0.224. The number of nitrogens with zero attached hydrogens (tertiary/aromatic N) is 2. The van der Waals surface area contributed by atoms with E-state index >= 15 is 0 Å². The maximum atomic E-state index is 5.94. The summed E-state index contributed by atoms with van der Waals surface area (Å²) in [6.45, 7) is 3.26. The van der Waals surface area contributed by atoms with Crippen molar-refractivity contribution in [2.75, 3.05) is 31.7 Å². The summed E-state index contributed by atoms with van der Waals surface area (Å²) < 4.78 is 0. The Labute approximate surface area is 116 Å². The average Bonchev–Trinajstić information content (AvgIpc) is 2.38. The maximum Gasteiger partial charge on any atom is 0.149 e. The molecule has 2 unspecified atom stereocenters. The minimum Gasteiger partial charge on any atom is -0.396 e. The molecular weight excluding hydrogens is 236 g/mol. The van der Waals surface area contributed by atoms with Crippen molar-refractivity contribution in [1.82, 2.24) is 9.88 Å². The molecule has 1 aromatic heterocycles. The number of likely N-dealkylation sites (N-methyl/N-ethyl adjacent to an activating group) is 1. The smallest absolute Gasteiger partial charge is 0.149 e. The average molecular weight is 262 g/mol. The van der Waals surface area contributed by atoms with Gasteiger partial charge in [-0.25, -0.2) is 4.98 Å². The third-order valence-electron chi connectivity index (χ3n) is 4.44. The van der Waals surface area contributed by atoms with Gasteiger partial charge in [0.1, 0.15) is 5.82 Å². The first-order valence-corrected chi connectivity index (χ1v) is 7.15. The summed E-state index contributed by atoms with van der Waals surface area (Å²) >= 11 is 0.